The Balaban J connectivity index is 1.78. The number of aromatic nitrogens is 2. The molecule has 0 saturated carbocycles. The van der Waals surface area contributed by atoms with Crippen LogP contribution in [-0.2, 0) is 17.9 Å². The SMILES string of the molecule is Cc1cc(C)c(CNC(=O)Cn2c(=O)cnc3ccccc32)c(C)c1. The van der Waals surface area contributed by atoms with Crippen molar-refractivity contribution in [3.05, 3.63) is 75.2 Å². The van der Waals surface area contributed by atoms with Gasteiger partial charge in [-0.25, -0.2) is 4.98 Å². The Kier molecular flexibility index (Phi) is 4.65. The van der Waals surface area contributed by atoms with Crippen LogP contribution in [0.15, 0.2) is 47.4 Å². The summed E-state index contributed by atoms with van der Waals surface area (Å²) in [7, 11) is 0. The Morgan fingerprint density at radius 1 is 1.12 bits per heavy atom. The predicted octanol–water partition coefficient (Wildman–Crippen LogP) is 2.64. The maximum Gasteiger partial charge on any atom is 0.269 e. The topological polar surface area (TPSA) is 64.0 Å². The number of rotatable bonds is 4. The van der Waals surface area contributed by atoms with E-state index in [0.29, 0.717) is 17.6 Å². The molecule has 5 heteroatoms. The summed E-state index contributed by atoms with van der Waals surface area (Å²) in [4.78, 5) is 28.6. The molecule has 1 N–H and O–H groups in total. The first kappa shape index (κ1) is 16.9. The zero-order valence-electron chi connectivity index (χ0n) is 14.7. The fourth-order valence-corrected chi connectivity index (χ4v) is 3.15. The number of nitrogens with zero attached hydrogens (tertiary/aromatic N) is 2. The van der Waals surface area contributed by atoms with Gasteiger partial charge in [0.2, 0.25) is 5.91 Å². The summed E-state index contributed by atoms with van der Waals surface area (Å²) < 4.78 is 1.45. The molecular weight excluding hydrogens is 314 g/mol. The second-order valence-corrected chi connectivity index (χ2v) is 6.33. The average Bonchev–Trinajstić information content (AvgIpc) is 2.56. The highest BCUT2D eigenvalue weighted by Crippen LogP contribution is 2.16. The number of para-hydroxylation sites is 2. The Morgan fingerprint density at radius 2 is 1.80 bits per heavy atom. The largest absolute Gasteiger partial charge is 0.350 e. The molecule has 1 amide bonds. The zero-order valence-corrected chi connectivity index (χ0v) is 14.7. The van der Waals surface area contributed by atoms with E-state index in [2.05, 4.69) is 29.4 Å². The fourth-order valence-electron chi connectivity index (χ4n) is 3.15. The van der Waals surface area contributed by atoms with Crippen molar-refractivity contribution in [3.8, 4) is 0 Å². The van der Waals surface area contributed by atoms with Crippen LogP contribution in [0.1, 0.15) is 22.3 Å². The molecule has 0 fully saturated rings. The van der Waals surface area contributed by atoms with Crippen LogP contribution < -0.4 is 10.9 Å². The maximum atomic E-state index is 12.4. The predicted molar refractivity (Wildman–Crippen MR) is 98.5 cm³/mol. The monoisotopic (exact) mass is 335 g/mol. The summed E-state index contributed by atoms with van der Waals surface area (Å²) in [6.45, 7) is 6.58. The number of nitrogens with one attached hydrogen (secondary N) is 1. The quantitative estimate of drug-likeness (QED) is 0.797. The molecule has 0 aliphatic carbocycles. The molecule has 2 aromatic carbocycles. The fraction of sp³-hybridized carbons (Fsp3) is 0.250. The van der Waals surface area contributed by atoms with Gasteiger partial charge in [0.05, 0.1) is 17.2 Å². The Bertz CT molecular complexity index is 982. The van der Waals surface area contributed by atoms with Crippen molar-refractivity contribution >= 4 is 16.9 Å². The molecule has 3 aromatic rings. The van der Waals surface area contributed by atoms with Crippen molar-refractivity contribution in [2.24, 2.45) is 0 Å². The lowest BCUT2D eigenvalue weighted by atomic mass is 10.00. The van der Waals surface area contributed by atoms with Crippen LogP contribution in [0.3, 0.4) is 0 Å². The summed E-state index contributed by atoms with van der Waals surface area (Å²) in [6.07, 6.45) is 1.25. The van der Waals surface area contributed by atoms with Crippen molar-refractivity contribution in [2.75, 3.05) is 0 Å². The van der Waals surface area contributed by atoms with E-state index < -0.39 is 0 Å². The van der Waals surface area contributed by atoms with E-state index in [4.69, 9.17) is 0 Å². The van der Waals surface area contributed by atoms with E-state index in [1.807, 2.05) is 32.0 Å². The average molecular weight is 335 g/mol. The molecule has 1 heterocycles. The highest BCUT2D eigenvalue weighted by Gasteiger charge is 2.10. The first-order chi connectivity index (χ1) is 12.0. The van der Waals surface area contributed by atoms with Crippen molar-refractivity contribution in [1.29, 1.82) is 0 Å². The minimum atomic E-state index is -0.281. The minimum Gasteiger partial charge on any atom is -0.350 e. The molecule has 0 radical (unpaired) electrons. The third-order valence-corrected chi connectivity index (χ3v) is 4.36. The van der Waals surface area contributed by atoms with Gasteiger partial charge in [0.25, 0.3) is 5.56 Å². The second-order valence-electron chi connectivity index (χ2n) is 6.33. The van der Waals surface area contributed by atoms with Gasteiger partial charge in [-0.2, -0.15) is 0 Å². The van der Waals surface area contributed by atoms with Gasteiger partial charge in [-0.15, -0.1) is 0 Å². The number of hydrogen-bond acceptors (Lipinski definition) is 3. The van der Waals surface area contributed by atoms with Crippen molar-refractivity contribution in [3.63, 3.8) is 0 Å². The van der Waals surface area contributed by atoms with Gasteiger partial charge in [-0.1, -0.05) is 29.8 Å². The highest BCUT2D eigenvalue weighted by atomic mass is 16.2. The van der Waals surface area contributed by atoms with E-state index in [9.17, 15) is 9.59 Å². The van der Waals surface area contributed by atoms with Crippen LogP contribution in [0, 0.1) is 20.8 Å². The summed E-state index contributed by atoms with van der Waals surface area (Å²) in [5, 5.41) is 2.92. The molecule has 0 spiro atoms. The first-order valence-electron chi connectivity index (χ1n) is 8.23. The van der Waals surface area contributed by atoms with Gasteiger partial charge in [0, 0.05) is 6.54 Å². The first-order valence-corrected chi connectivity index (χ1v) is 8.23. The normalized spacial score (nSPS) is 10.8. The smallest absolute Gasteiger partial charge is 0.269 e. The van der Waals surface area contributed by atoms with E-state index >= 15 is 0 Å². The molecule has 25 heavy (non-hydrogen) atoms. The Hall–Kier alpha value is -2.95. The lowest BCUT2D eigenvalue weighted by molar-refractivity contribution is -0.121. The summed E-state index contributed by atoms with van der Waals surface area (Å²) in [5.41, 5.74) is 5.71. The van der Waals surface area contributed by atoms with Crippen molar-refractivity contribution < 1.29 is 4.79 Å². The van der Waals surface area contributed by atoms with Crippen molar-refractivity contribution in [1.82, 2.24) is 14.9 Å². The molecule has 0 aliphatic heterocycles. The number of carbonyl (C=O) groups is 1. The van der Waals surface area contributed by atoms with Gasteiger partial charge in [-0.05, 0) is 49.6 Å². The van der Waals surface area contributed by atoms with E-state index in [-0.39, 0.29) is 18.0 Å². The third kappa shape index (κ3) is 3.60. The van der Waals surface area contributed by atoms with Gasteiger partial charge in [0.15, 0.2) is 0 Å². The van der Waals surface area contributed by atoms with Gasteiger partial charge in [-0.3, -0.25) is 14.2 Å². The van der Waals surface area contributed by atoms with Gasteiger partial charge in [0.1, 0.15) is 6.54 Å². The third-order valence-electron chi connectivity index (χ3n) is 4.36. The second kappa shape index (κ2) is 6.89. The molecule has 0 unspecified atom stereocenters. The molecule has 0 aliphatic rings. The van der Waals surface area contributed by atoms with Gasteiger partial charge >= 0.3 is 0 Å². The van der Waals surface area contributed by atoms with E-state index in [0.717, 1.165) is 16.7 Å². The number of amides is 1. The van der Waals surface area contributed by atoms with Crippen LogP contribution in [0.4, 0.5) is 0 Å². The number of carbonyl (C=O) groups excluding carboxylic acids is 1. The maximum absolute atomic E-state index is 12.4. The molecule has 0 atom stereocenters. The van der Waals surface area contributed by atoms with Crippen LogP contribution in [0.5, 0.6) is 0 Å². The van der Waals surface area contributed by atoms with Crippen LogP contribution >= 0.6 is 0 Å². The van der Waals surface area contributed by atoms with Crippen molar-refractivity contribution in [2.45, 2.75) is 33.9 Å². The minimum absolute atomic E-state index is 0.0220. The number of hydrogen-bond donors (Lipinski definition) is 1. The number of fused-ring (bicyclic) bond motifs is 1. The van der Waals surface area contributed by atoms with Crippen LogP contribution in [0.2, 0.25) is 0 Å². The summed E-state index contributed by atoms with van der Waals surface area (Å²) in [6, 6.07) is 11.5. The van der Waals surface area contributed by atoms with E-state index in [1.165, 1.54) is 16.3 Å². The molecule has 0 bridgehead atoms. The van der Waals surface area contributed by atoms with Gasteiger partial charge < -0.3 is 5.32 Å². The molecule has 5 nitrogen and oxygen atoms in total. The zero-order chi connectivity index (χ0) is 18.0. The molecule has 0 saturated heterocycles. The number of benzene rings is 2. The molecular formula is C20H21N3O2. The highest BCUT2D eigenvalue weighted by molar-refractivity contribution is 5.80. The molecule has 3 rings (SSSR count). The Morgan fingerprint density at radius 3 is 2.52 bits per heavy atom. The Labute approximate surface area is 146 Å². The molecule has 128 valence electrons. The lowest BCUT2D eigenvalue weighted by Gasteiger charge is -2.13. The standard InChI is InChI=1S/C20H21N3O2/c1-13-8-14(2)16(15(3)9-13)10-22-19(24)12-23-18-7-5-4-6-17(18)21-11-20(23)25/h4-9,11H,10,12H2,1-3H3,(H,22,24). The summed E-state index contributed by atoms with van der Waals surface area (Å²) in [5.74, 6) is -0.196. The molecule has 1 aromatic heterocycles. The summed E-state index contributed by atoms with van der Waals surface area (Å²) >= 11 is 0. The number of aryl methyl sites for hydroxylation is 3. The lowest BCUT2D eigenvalue weighted by Crippen LogP contribution is -2.32. The van der Waals surface area contributed by atoms with Crippen LogP contribution in [-0.4, -0.2) is 15.5 Å². The van der Waals surface area contributed by atoms with E-state index in [1.54, 1.807) is 6.07 Å². The van der Waals surface area contributed by atoms with Crippen LogP contribution in [0.25, 0.3) is 11.0 Å².